The number of pyridine rings is 1. The summed E-state index contributed by atoms with van der Waals surface area (Å²) in [6.45, 7) is 2.53. The van der Waals surface area contributed by atoms with E-state index in [-0.39, 0.29) is 11.6 Å². The first-order chi connectivity index (χ1) is 10.5. The minimum atomic E-state index is -1.22. The van der Waals surface area contributed by atoms with Gasteiger partial charge in [0, 0.05) is 23.7 Å². The van der Waals surface area contributed by atoms with Crippen molar-refractivity contribution >= 4 is 28.5 Å². The van der Waals surface area contributed by atoms with E-state index in [1.807, 2.05) is 11.5 Å². The van der Waals surface area contributed by atoms with Gasteiger partial charge < -0.3 is 14.4 Å². The molecular weight excluding hydrogens is 306 g/mol. The second-order valence-electron chi connectivity index (χ2n) is 5.46. The molecule has 1 aliphatic rings. The van der Waals surface area contributed by atoms with E-state index in [1.165, 1.54) is 12.3 Å². The van der Waals surface area contributed by atoms with E-state index in [0.717, 1.165) is 19.3 Å². The van der Waals surface area contributed by atoms with Gasteiger partial charge >= 0.3 is 5.97 Å². The van der Waals surface area contributed by atoms with E-state index in [4.69, 9.17) is 16.3 Å². The Bertz CT molecular complexity index is 808. The van der Waals surface area contributed by atoms with Gasteiger partial charge in [0.15, 0.2) is 0 Å². The van der Waals surface area contributed by atoms with Crippen LogP contribution in [0.15, 0.2) is 23.1 Å². The van der Waals surface area contributed by atoms with Crippen LogP contribution in [0.25, 0.3) is 10.9 Å². The Morgan fingerprint density at radius 3 is 2.77 bits per heavy atom. The second-order valence-corrected chi connectivity index (χ2v) is 5.87. The largest absolute Gasteiger partial charge is 0.492 e. The van der Waals surface area contributed by atoms with E-state index in [0.29, 0.717) is 28.3 Å². The van der Waals surface area contributed by atoms with Gasteiger partial charge in [-0.1, -0.05) is 18.5 Å². The van der Waals surface area contributed by atoms with Crippen LogP contribution < -0.4 is 10.2 Å². The molecule has 1 aromatic carbocycles. The number of carboxylic acid groups (broad SMARTS) is 1. The molecule has 0 saturated heterocycles. The summed E-state index contributed by atoms with van der Waals surface area (Å²) in [5.41, 5.74) is -0.0611. The quantitative estimate of drug-likeness (QED) is 0.915. The van der Waals surface area contributed by atoms with Gasteiger partial charge in [-0.2, -0.15) is 0 Å². The van der Waals surface area contributed by atoms with Crippen LogP contribution in [-0.4, -0.2) is 22.2 Å². The van der Waals surface area contributed by atoms with E-state index < -0.39 is 11.4 Å². The van der Waals surface area contributed by atoms with Crippen molar-refractivity contribution < 1.29 is 14.6 Å². The SMILES string of the molecule is CCCOc1cc2c(cc1Cl)c(=O)c(C(=O)O)cn2C1CC1. The Hall–Kier alpha value is -2.01. The highest BCUT2D eigenvalue weighted by Gasteiger charge is 2.27. The maximum atomic E-state index is 12.3. The molecule has 0 radical (unpaired) electrons. The minimum absolute atomic E-state index is 0.224. The average Bonchev–Trinajstić information content (AvgIpc) is 3.30. The number of fused-ring (bicyclic) bond motifs is 1. The summed E-state index contributed by atoms with van der Waals surface area (Å²) < 4.78 is 7.46. The number of nitrogens with zero attached hydrogens (tertiary/aromatic N) is 1. The molecule has 0 bridgehead atoms. The fourth-order valence-corrected chi connectivity index (χ4v) is 2.70. The molecule has 1 aliphatic carbocycles. The molecule has 0 spiro atoms. The molecule has 22 heavy (non-hydrogen) atoms. The molecule has 0 atom stereocenters. The summed E-state index contributed by atoms with van der Waals surface area (Å²) in [5.74, 6) is -0.698. The lowest BCUT2D eigenvalue weighted by Gasteiger charge is -2.14. The Labute approximate surface area is 132 Å². The first kappa shape index (κ1) is 14.9. The van der Waals surface area contributed by atoms with Crippen LogP contribution >= 0.6 is 11.6 Å². The van der Waals surface area contributed by atoms with Gasteiger partial charge in [-0.3, -0.25) is 4.79 Å². The number of aromatic carboxylic acids is 1. The molecule has 1 fully saturated rings. The van der Waals surface area contributed by atoms with Crippen molar-refractivity contribution in [1.82, 2.24) is 4.57 Å². The zero-order valence-electron chi connectivity index (χ0n) is 12.1. The summed E-state index contributed by atoms with van der Waals surface area (Å²) in [6, 6.07) is 3.48. The Morgan fingerprint density at radius 2 is 2.18 bits per heavy atom. The number of halogens is 1. The molecule has 1 aromatic heterocycles. The van der Waals surface area contributed by atoms with Crippen molar-refractivity contribution in [2.75, 3.05) is 6.61 Å². The first-order valence-electron chi connectivity index (χ1n) is 7.27. The van der Waals surface area contributed by atoms with E-state index in [1.54, 1.807) is 6.07 Å². The van der Waals surface area contributed by atoms with Crippen molar-refractivity contribution in [1.29, 1.82) is 0 Å². The molecule has 0 aliphatic heterocycles. The van der Waals surface area contributed by atoms with Crippen LogP contribution in [0, 0.1) is 0 Å². The van der Waals surface area contributed by atoms with Gasteiger partial charge in [0.2, 0.25) is 5.43 Å². The lowest BCUT2D eigenvalue weighted by Crippen LogP contribution is -2.18. The van der Waals surface area contributed by atoms with Crippen LogP contribution in [0.3, 0.4) is 0 Å². The van der Waals surface area contributed by atoms with Crippen molar-refractivity contribution in [2.24, 2.45) is 0 Å². The van der Waals surface area contributed by atoms with Crippen LogP contribution in [0.1, 0.15) is 42.6 Å². The minimum Gasteiger partial charge on any atom is -0.492 e. The van der Waals surface area contributed by atoms with Crippen molar-refractivity contribution in [2.45, 2.75) is 32.2 Å². The Kier molecular flexibility index (Phi) is 3.83. The summed E-state index contributed by atoms with van der Waals surface area (Å²) in [4.78, 5) is 23.6. The van der Waals surface area contributed by atoms with E-state index >= 15 is 0 Å². The number of ether oxygens (including phenoxy) is 1. The summed E-state index contributed by atoms with van der Waals surface area (Å²) in [6.07, 6.45) is 4.24. The lowest BCUT2D eigenvalue weighted by molar-refractivity contribution is 0.0695. The maximum absolute atomic E-state index is 12.3. The number of benzene rings is 1. The van der Waals surface area contributed by atoms with Crippen molar-refractivity contribution in [3.8, 4) is 5.75 Å². The molecule has 6 heteroatoms. The number of aromatic nitrogens is 1. The maximum Gasteiger partial charge on any atom is 0.341 e. The monoisotopic (exact) mass is 321 g/mol. The van der Waals surface area contributed by atoms with Crippen LogP contribution in [0.5, 0.6) is 5.75 Å². The van der Waals surface area contributed by atoms with Gasteiger partial charge in [-0.05, 0) is 25.3 Å². The number of hydrogen-bond donors (Lipinski definition) is 1. The number of hydrogen-bond acceptors (Lipinski definition) is 3. The highest BCUT2D eigenvalue weighted by molar-refractivity contribution is 6.32. The molecule has 0 amide bonds. The van der Waals surface area contributed by atoms with Gasteiger partial charge in [-0.15, -0.1) is 0 Å². The van der Waals surface area contributed by atoms with Crippen LogP contribution in [-0.2, 0) is 0 Å². The van der Waals surface area contributed by atoms with Crippen molar-refractivity contribution in [3.63, 3.8) is 0 Å². The standard InChI is InChI=1S/C16H16ClNO4/c1-2-5-22-14-7-13-10(6-12(14)17)15(19)11(16(20)21)8-18(13)9-3-4-9/h6-9H,2-5H2,1H3,(H,20,21). The molecular formula is C16H16ClNO4. The molecule has 116 valence electrons. The predicted molar refractivity (Wildman–Crippen MR) is 84.2 cm³/mol. The highest BCUT2D eigenvalue weighted by atomic mass is 35.5. The molecule has 0 unspecified atom stereocenters. The third-order valence-corrected chi connectivity index (χ3v) is 4.01. The van der Waals surface area contributed by atoms with Gasteiger partial charge in [0.25, 0.3) is 0 Å². The average molecular weight is 322 g/mol. The smallest absolute Gasteiger partial charge is 0.341 e. The van der Waals surface area contributed by atoms with Gasteiger partial charge in [0.1, 0.15) is 11.3 Å². The van der Waals surface area contributed by atoms with E-state index in [2.05, 4.69) is 0 Å². The topological polar surface area (TPSA) is 68.5 Å². The number of carbonyl (C=O) groups is 1. The van der Waals surface area contributed by atoms with Crippen molar-refractivity contribution in [3.05, 3.63) is 39.1 Å². The zero-order chi connectivity index (χ0) is 15.9. The Morgan fingerprint density at radius 1 is 1.45 bits per heavy atom. The fraction of sp³-hybridized carbons (Fsp3) is 0.375. The summed E-state index contributed by atoms with van der Waals surface area (Å²) in [5, 5.41) is 9.86. The molecule has 5 nitrogen and oxygen atoms in total. The Balaban J connectivity index is 2.27. The normalized spacial score (nSPS) is 14.3. The lowest BCUT2D eigenvalue weighted by atomic mass is 10.1. The zero-order valence-corrected chi connectivity index (χ0v) is 12.9. The molecule has 3 rings (SSSR count). The molecule has 2 aromatic rings. The summed E-state index contributed by atoms with van der Waals surface area (Å²) in [7, 11) is 0. The van der Waals surface area contributed by atoms with Gasteiger partial charge in [0.05, 0.1) is 17.1 Å². The van der Waals surface area contributed by atoms with Gasteiger partial charge in [-0.25, -0.2) is 4.79 Å². The summed E-state index contributed by atoms with van der Waals surface area (Å²) >= 11 is 6.17. The molecule has 1 heterocycles. The second kappa shape index (κ2) is 5.65. The van der Waals surface area contributed by atoms with Crippen LogP contribution in [0.2, 0.25) is 5.02 Å². The third kappa shape index (κ3) is 2.57. The first-order valence-corrected chi connectivity index (χ1v) is 7.65. The number of carboxylic acids is 1. The fourth-order valence-electron chi connectivity index (χ4n) is 2.48. The predicted octanol–water partition coefficient (Wildman–Crippen LogP) is 3.48. The van der Waals surface area contributed by atoms with E-state index in [9.17, 15) is 14.7 Å². The third-order valence-electron chi connectivity index (χ3n) is 3.72. The van der Waals surface area contributed by atoms with Crippen LogP contribution in [0.4, 0.5) is 0 Å². The molecule has 1 N–H and O–H groups in total. The highest BCUT2D eigenvalue weighted by Crippen LogP contribution is 2.38. The number of rotatable bonds is 5. The molecule has 1 saturated carbocycles.